The lowest BCUT2D eigenvalue weighted by Gasteiger charge is -2.17. The normalized spacial score (nSPS) is 18.3. The number of aromatic nitrogens is 2. The Morgan fingerprint density at radius 2 is 2.06 bits per heavy atom. The van der Waals surface area contributed by atoms with Crippen molar-refractivity contribution in [2.24, 2.45) is 0 Å². The molecular weight excluding hydrogens is 198 g/mol. The summed E-state index contributed by atoms with van der Waals surface area (Å²) in [4.78, 5) is 4.41. The Morgan fingerprint density at radius 1 is 1.31 bits per heavy atom. The number of nitrogens with one attached hydrogen (secondary N) is 1. The van der Waals surface area contributed by atoms with Crippen molar-refractivity contribution in [3.05, 3.63) is 12.4 Å². The van der Waals surface area contributed by atoms with Gasteiger partial charge in [0.1, 0.15) is 0 Å². The molecule has 90 valence electrons. The first-order valence-electron chi connectivity index (χ1n) is 6.68. The van der Waals surface area contributed by atoms with Gasteiger partial charge in [0.15, 0.2) is 0 Å². The van der Waals surface area contributed by atoms with Crippen molar-refractivity contribution >= 4 is 5.95 Å². The van der Waals surface area contributed by atoms with Crippen LogP contribution in [-0.4, -0.2) is 15.6 Å². The summed E-state index contributed by atoms with van der Waals surface area (Å²) in [6, 6.07) is 0.639. The van der Waals surface area contributed by atoms with Gasteiger partial charge in [-0.05, 0) is 19.3 Å². The molecule has 0 saturated heterocycles. The lowest BCUT2D eigenvalue weighted by Crippen LogP contribution is -2.21. The largest absolute Gasteiger partial charge is 0.353 e. The van der Waals surface area contributed by atoms with E-state index in [0.717, 1.165) is 18.9 Å². The van der Waals surface area contributed by atoms with Crippen LogP contribution < -0.4 is 5.32 Å². The fourth-order valence-electron chi connectivity index (χ4n) is 2.48. The molecule has 1 aromatic rings. The fourth-order valence-corrected chi connectivity index (χ4v) is 2.48. The molecule has 0 amide bonds. The maximum absolute atomic E-state index is 4.41. The summed E-state index contributed by atoms with van der Waals surface area (Å²) in [5.74, 6) is 1.06. The topological polar surface area (TPSA) is 29.9 Å². The van der Waals surface area contributed by atoms with Crippen LogP contribution in [0, 0.1) is 0 Å². The summed E-state index contributed by atoms with van der Waals surface area (Å²) >= 11 is 0. The summed E-state index contributed by atoms with van der Waals surface area (Å²) in [7, 11) is 0. The quantitative estimate of drug-likeness (QED) is 0.789. The van der Waals surface area contributed by atoms with Crippen LogP contribution in [-0.2, 0) is 6.54 Å². The number of rotatable bonds is 4. The predicted molar refractivity (Wildman–Crippen MR) is 67.6 cm³/mol. The second kappa shape index (κ2) is 5.92. The van der Waals surface area contributed by atoms with E-state index in [-0.39, 0.29) is 0 Å². The first kappa shape index (κ1) is 11.5. The Balaban J connectivity index is 1.93. The number of anilines is 1. The molecule has 1 N–H and O–H groups in total. The van der Waals surface area contributed by atoms with Crippen LogP contribution in [0.1, 0.15) is 51.9 Å². The molecule has 0 atom stereocenters. The van der Waals surface area contributed by atoms with Crippen molar-refractivity contribution in [3.63, 3.8) is 0 Å². The van der Waals surface area contributed by atoms with Crippen LogP contribution >= 0.6 is 0 Å². The van der Waals surface area contributed by atoms with Gasteiger partial charge in [0.25, 0.3) is 0 Å². The fraction of sp³-hybridized carbons (Fsp3) is 0.769. The molecule has 1 aromatic heterocycles. The third-order valence-corrected chi connectivity index (χ3v) is 3.37. The van der Waals surface area contributed by atoms with Gasteiger partial charge < -0.3 is 9.88 Å². The molecule has 0 bridgehead atoms. The third-order valence-electron chi connectivity index (χ3n) is 3.37. The Kier molecular flexibility index (Phi) is 4.25. The van der Waals surface area contributed by atoms with E-state index in [1.165, 1.54) is 38.5 Å². The summed E-state index contributed by atoms with van der Waals surface area (Å²) < 4.78 is 2.23. The third kappa shape index (κ3) is 3.00. The highest BCUT2D eigenvalue weighted by Gasteiger charge is 2.13. The van der Waals surface area contributed by atoms with E-state index >= 15 is 0 Å². The molecule has 1 saturated carbocycles. The monoisotopic (exact) mass is 221 g/mol. The molecule has 1 fully saturated rings. The summed E-state index contributed by atoms with van der Waals surface area (Å²) in [6.45, 7) is 3.27. The Bertz CT molecular complexity index is 298. The SMILES string of the molecule is CCCn1ccnc1NC1CCCCCC1. The van der Waals surface area contributed by atoms with Gasteiger partial charge in [0, 0.05) is 25.0 Å². The van der Waals surface area contributed by atoms with Crippen LogP contribution in [0.2, 0.25) is 0 Å². The average Bonchev–Trinajstić information content (AvgIpc) is 2.56. The van der Waals surface area contributed by atoms with Crippen LogP contribution in [0.5, 0.6) is 0 Å². The van der Waals surface area contributed by atoms with E-state index in [4.69, 9.17) is 0 Å². The highest BCUT2D eigenvalue weighted by Crippen LogP contribution is 2.20. The van der Waals surface area contributed by atoms with E-state index in [1.807, 2.05) is 6.20 Å². The Hall–Kier alpha value is -0.990. The molecule has 0 unspecified atom stereocenters. The van der Waals surface area contributed by atoms with Crippen molar-refractivity contribution in [1.82, 2.24) is 9.55 Å². The molecule has 16 heavy (non-hydrogen) atoms. The first-order chi connectivity index (χ1) is 7.90. The molecule has 3 nitrogen and oxygen atoms in total. The van der Waals surface area contributed by atoms with E-state index in [9.17, 15) is 0 Å². The van der Waals surface area contributed by atoms with Crippen molar-refractivity contribution in [2.45, 2.75) is 64.5 Å². The van der Waals surface area contributed by atoms with E-state index in [1.54, 1.807) is 0 Å². The highest BCUT2D eigenvalue weighted by atomic mass is 15.2. The van der Waals surface area contributed by atoms with Crippen LogP contribution in [0.15, 0.2) is 12.4 Å². The minimum absolute atomic E-state index is 0.639. The highest BCUT2D eigenvalue weighted by molar-refractivity contribution is 5.27. The average molecular weight is 221 g/mol. The predicted octanol–water partition coefficient (Wildman–Crippen LogP) is 3.43. The zero-order valence-corrected chi connectivity index (χ0v) is 10.3. The van der Waals surface area contributed by atoms with Gasteiger partial charge in [-0.2, -0.15) is 0 Å². The van der Waals surface area contributed by atoms with Gasteiger partial charge in [0.05, 0.1) is 0 Å². The standard InChI is InChI=1S/C13H23N3/c1-2-10-16-11-9-14-13(16)15-12-7-5-3-4-6-8-12/h9,11-12H,2-8,10H2,1H3,(H,14,15). The smallest absolute Gasteiger partial charge is 0.202 e. The van der Waals surface area contributed by atoms with Crippen molar-refractivity contribution in [2.75, 3.05) is 5.32 Å². The van der Waals surface area contributed by atoms with Crippen LogP contribution in [0.3, 0.4) is 0 Å². The van der Waals surface area contributed by atoms with Gasteiger partial charge in [-0.15, -0.1) is 0 Å². The zero-order valence-electron chi connectivity index (χ0n) is 10.3. The number of nitrogens with zero attached hydrogens (tertiary/aromatic N) is 2. The first-order valence-corrected chi connectivity index (χ1v) is 6.68. The summed E-state index contributed by atoms with van der Waals surface area (Å²) in [6.07, 6.45) is 13.3. The molecule has 1 aliphatic carbocycles. The molecule has 1 aliphatic rings. The lowest BCUT2D eigenvalue weighted by atomic mass is 10.1. The van der Waals surface area contributed by atoms with Gasteiger partial charge >= 0.3 is 0 Å². The van der Waals surface area contributed by atoms with E-state index in [2.05, 4.69) is 28.0 Å². The molecule has 0 spiro atoms. The van der Waals surface area contributed by atoms with E-state index in [0.29, 0.717) is 6.04 Å². The molecule has 0 radical (unpaired) electrons. The number of imidazole rings is 1. The molecule has 2 rings (SSSR count). The van der Waals surface area contributed by atoms with Gasteiger partial charge in [-0.3, -0.25) is 0 Å². The van der Waals surface area contributed by atoms with Crippen molar-refractivity contribution in [3.8, 4) is 0 Å². The Morgan fingerprint density at radius 3 is 2.75 bits per heavy atom. The van der Waals surface area contributed by atoms with Crippen molar-refractivity contribution < 1.29 is 0 Å². The Labute approximate surface area is 98.3 Å². The number of hydrogen-bond acceptors (Lipinski definition) is 2. The zero-order chi connectivity index (χ0) is 11.2. The minimum Gasteiger partial charge on any atom is -0.353 e. The second-order valence-electron chi connectivity index (χ2n) is 4.78. The molecule has 0 aromatic carbocycles. The van der Waals surface area contributed by atoms with Gasteiger partial charge in [-0.1, -0.05) is 32.6 Å². The van der Waals surface area contributed by atoms with Gasteiger partial charge in [0.2, 0.25) is 5.95 Å². The molecule has 1 heterocycles. The maximum atomic E-state index is 4.41. The maximum Gasteiger partial charge on any atom is 0.202 e. The van der Waals surface area contributed by atoms with Gasteiger partial charge in [-0.25, -0.2) is 4.98 Å². The molecule has 3 heteroatoms. The van der Waals surface area contributed by atoms with Crippen LogP contribution in [0.4, 0.5) is 5.95 Å². The van der Waals surface area contributed by atoms with Crippen molar-refractivity contribution in [1.29, 1.82) is 0 Å². The van der Waals surface area contributed by atoms with E-state index < -0.39 is 0 Å². The van der Waals surface area contributed by atoms with Crippen LogP contribution in [0.25, 0.3) is 0 Å². The number of aryl methyl sites for hydroxylation is 1. The lowest BCUT2D eigenvalue weighted by molar-refractivity contribution is 0.600. The molecule has 0 aliphatic heterocycles. The number of hydrogen-bond donors (Lipinski definition) is 1. The second-order valence-corrected chi connectivity index (χ2v) is 4.78. The minimum atomic E-state index is 0.639. The summed E-state index contributed by atoms with van der Waals surface area (Å²) in [5.41, 5.74) is 0. The summed E-state index contributed by atoms with van der Waals surface area (Å²) in [5, 5.41) is 3.61. The molecular formula is C13H23N3.